The van der Waals surface area contributed by atoms with Gasteiger partial charge < -0.3 is 16.0 Å². The molecule has 17 heavy (non-hydrogen) atoms. The number of hydrogen-bond acceptors (Lipinski definition) is 4. The van der Waals surface area contributed by atoms with Crippen molar-refractivity contribution in [1.29, 1.82) is 0 Å². The average molecular weight is 262 g/mol. The first-order chi connectivity index (χ1) is 8.10. The van der Waals surface area contributed by atoms with Crippen LogP contribution in [0.3, 0.4) is 0 Å². The molecule has 0 aliphatic carbocycles. The summed E-state index contributed by atoms with van der Waals surface area (Å²) in [5.74, 6) is -1.48. The zero-order valence-corrected chi connectivity index (χ0v) is 9.68. The number of nitrogens with zero attached hydrogens (tertiary/aromatic N) is 1. The van der Waals surface area contributed by atoms with Gasteiger partial charge in [0.25, 0.3) is 0 Å². The Balaban J connectivity index is 2.94. The van der Waals surface area contributed by atoms with E-state index < -0.39 is 11.6 Å². The number of benzene rings is 1. The van der Waals surface area contributed by atoms with Crippen molar-refractivity contribution in [2.75, 3.05) is 12.4 Å². The molecule has 0 aliphatic rings. The maximum Gasteiger partial charge on any atom is 0.170 e. The summed E-state index contributed by atoms with van der Waals surface area (Å²) in [7, 11) is 0. The van der Waals surface area contributed by atoms with Gasteiger partial charge in [-0.05, 0) is 18.6 Å². The fraction of sp³-hybridized carbons (Fsp3) is 0.300. The number of rotatable bonds is 5. The first kappa shape index (κ1) is 13.7. The maximum atomic E-state index is 13.5. The third-order valence-electron chi connectivity index (χ3n) is 1.95. The summed E-state index contributed by atoms with van der Waals surface area (Å²) in [5.41, 5.74) is 5.21. The van der Waals surface area contributed by atoms with Crippen LogP contribution in [0.2, 0.25) is 0 Å². The van der Waals surface area contributed by atoms with Gasteiger partial charge in [-0.15, -0.1) is 11.8 Å². The molecule has 7 heteroatoms. The number of halogens is 2. The molecular formula is C10H12F2N2O2S. The molecular weight excluding hydrogens is 250 g/mol. The van der Waals surface area contributed by atoms with E-state index in [1.807, 2.05) is 0 Å². The van der Waals surface area contributed by atoms with Gasteiger partial charge >= 0.3 is 0 Å². The minimum Gasteiger partial charge on any atom is -0.409 e. The Morgan fingerprint density at radius 2 is 1.94 bits per heavy atom. The van der Waals surface area contributed by atoms with Gasteiger partial charge in [-0.25, -0.2) is 8.78 Å². The van der Waals surface area contributed by atoms with Gasteiger partial charge in [0.05, 0.1) is 4.90 Å². The lowest BCUT2D eigenvalue weighted by molar-refractivity contribution is 0.296. The van der Waals surface area contributed by atoms with Crippen LogP contribution < -0.4 is 5.73 Å². The SMILES string of the molecule is N/C(=N/O)c1cc(F)c(SCCCO)c(F)c1. The third kappa shape index (κ3) is 3.57. The lowest BCUT2D eigenvalue weighted by atomic mass is 10.2. The average Bonchev–Trinajstić information content (AvgIpc) is 2.31. The van der Waals surface area contributed by atoms with Gasteiger partial charge in [0.2, 0.25) is 0 Å². The largest absolute Gasteiger partial charge is 0.409 e. The van der Waals surface area contributed by atoms with E-state index in [2.05, 4.69) is 5.16 Å². The van der Waals surface area contributed by atoms with Gasteiger partial charge in [0.1, 0.15) is 11.6 Å². The monoisotopic (exact) mass is 262 g/mol. The molecule has 0 fully saturated rings. The van der Waals surface area contributed by atoms with E-state index in [0.717, 1.165) is 23.9 Å². The molecule has 0 atom stereocenters. The second-order valence-electron chi connectivity index (χ2n) is 3.18. The zero-order chi connectivity index (χ0) is 12.8. The summed E-state index contributed by atoms with van der Waals surface area (Å²) >= 11 is 0.973. The highest BCUT2D eigenvalue weighted by molar-refractivity contribution is 7.99. The molecule has 0 radical (unpaired) electrons. The summed E-state index contributed by atoms with van der Waals surface area (Å²) in [6, 6.07) is 2.00. The van der Waals surface area contributed by atoms with Gasteiger partial charge in [-0.2, -0.15) is 0 Å². The molecule has 1 aromatic rings. The van der Waals surface area contributed by atoms with Crippen molar-refractivity contribution < 1.29 is 19.1 Å². The van der Waals surface area contributed by atoms with Crippen LogP contribution in [0.15, 0.2) is 22.2 Å². The van der Waals surface area contributed by atoms with Crippen LogP contribution in [0.25, 0.3) is 0 Å². The van der Waals surface area contributed by atoms with Crippen molar-refractivity contribution in [3.63, 3.8) is 0 Å². The zero-order valence-electron chi connectivity index (χ0n) is 8.86. The Morgan fingerprint density at radius 1 is 1.35 bits per heavy atom. The molecule has 1 aromatic carbocycles. The number of oxime groups is 1. The van der Waals surface area contributed by atoms with Crippen molar-refractivity contribution in [3.05, 3.63) is 29.3 Å². The van der Waals surface area contributed by atoms with Crippen LogP contribution in [0.4, 0.5) is 8.78 Å². The molecule has 4 nitrogen and oxygen atoms in total. The molecule has 0 bridgehead atoms. The van der Waals surface area contributed by atoms with Gasteiger partial charge in [0.15, 0.2) is 5.84 Å². The Morgan fingerprint density at radius 3 is 2.41 bits per heavy atom. The number of aliphatic hydroxyl groups excluding tert-OH is 1. The van der Waals surface area contributed by atoms with Crippen LogP contribution in [-0.2, 0) is 0 Å². The van der Waals surface area contributed by atoms with Crippen LogP contribution >= 0.6 is 11.8 Å². The molecule has 0 spiro atoms. The van der Waals surface area contributed by atoms with E-state index in [-0.39, 0.29) is 22.9 Å². The van der Waals surface area contributed by atoms with Crippen molar-refractivity contribution in [3.8, 4) is 0 Å². The molecule has 94 valence electrons. The lowest BCUT2D eigenvalue weighted by Crippen LogP contribution is -2.14. The van der Waals surface area contributed by atoms with E-state index >= 15 is 0 Å². The summed E-state index contributed by atoms with van der Waals surface area (Å²) in [5, 5.41) is 19.6. The second kappa shape index (κ2) is 6.41. The molecule has 0 amide bonds. The highest BCUT2D eigenvalue weighted by atomic mass is 32.2. The van der Waals surface area contributed by atoms with Crippen molar-refractivity contribution >= 4 is 17.6 Å². The van der Waals surface area contributed by atoms with Crippen molar-refractivity contribution in [2.24, 2.45) is 10.9 Å². The predicted molar refractivity (Wildman–Crippen MR) is 61.3 cm³/mol. The molecule has 0 heterocycles. The Kier molecular flexibility index (Phi) is 5.17. The molecule has 0 aliphatic heterocycles. The number of hydrogen-bond donors (Lipinski definition) is 3. The number of amidine groups is 1. The minimum atomic E-state index is -0.769. The fourth-order valence-electron chi connectivity index (χ4n) is 1.14. The lowest BCUT2D eigenvalue weighted by Gasteiger charge is -2.06. The Labute approximate surface area is 101 Å². The van der Waals surface area contributed by atoms with E-state index in [1.54, 1.807) is 0 Å². The van der Waals surface area contributed by atoms with E-state index in [1.165, 1.54) is 0 Å². The molecule has 0 saturated carbocycles. The van der Waals surface area contributed by atoms with Gasteiger partial charge in [-0.1, -0.05) is 5.16 Å². The van der Waals surface area contributed by atoms with Crippen LogP contribution in [0, 0.1) is 11.6 Å². The highest BCUT2D eigenvalue weighted by Gasteiger charge is 2.13. The molecule has 0 unspecified atom stereocenters. The summed E-state index contributed by atoms with van der Waals surface area (Å²) < 4.78 is 27.0. The standard InChI is InChI=1S/C10H12F2N2O2S/c11-7-4-6(10(13)14-16)5-8(12)9(7)17-3-1-2-15/h4-5,15-16H,1-3H2,(H2,13,14). The van der Waals surface area contributed by atoms with E-state index in [0.29, 0.717) is 12.2 Å². The number of aliphatic hydroxyl groups is 1. The van der Waals surface area contributed by atoms with Crippen molar-refractivity contribution in [2.45, 2.75) is 11.3 Å². The number of nitrogens with two attached hydrogens (primary N) is 1. The molecule has 4 N–H and O–H groups in total. The van der Waals surface area contributed by atoms with E-state index in [9.17, 15) is 8.78 Å². The quantitative estimate of drug-likeness (QED) is 0.188. The van der Waals surface area contributed by atoms with E-state index in [4.69, 9.17) is 16.0 Å². The first-order valence-electron chi connectivity index (χ1n) is 4.80. The van der Waals surface area contributed by atoms with Gasteiger partial charge in [0, 0.05) is 17.9 Å². The summed E-state index contributed by atoms with van der Waals surface area (Å²) in [6.07, 6.45) is 0.450. The fourth-order valence-corrected chi connectivity index (χ4v) is 2.01. The third-order valence-corrected chi connectivity index (χ3v) is 3.12. The Hall–Kier alpha value is -1.34. The number of thioether (sulfide) groups is 1. The smallest absolute Gasteiger partial charge is 0.170 e. The second-order valence-corrected chi connectivity index (χ2v) is 4.29. The predicted octanol–water partition coefficient (Wildman–Crippen LogP) is 1.53. The van der Waals surface area contributed by atoms with Gasteiger partial charge in [-0.3, -0.25) is 0 Å². The molecule has 0 saturated heterocycles. The van der Waals surface area contributed by atoms with Crippen LogP contribution in [0.5, 0.6) is 0 Å². The topological polar surface area (TPSA) is 78.8 Å². The Bertz CT molecular complexity index is 404. The highest BCUT2D eigenvalue weighted by Crippen LogP contribution is 2.26. The summed E-state index contributed by atoms with van der Waals surface area (Å²) in [4.78, 5) is -0.132. The van der Waals surface area contributed by atoms with Crippen LogP contribution in [0.1, 0.15) is 12.0 Å². The van der Waals surface area contributed by atoms with Crippen LogP contribution in [-0.4, -0.2) is 28.5 Å². The minimum absolute atomic E-state index is 0.0194. The van der Waals surface area contributed by atoms with Crippen molar-refractivity contribution in [1.82, 2.24) is 0 Å². The first-order valence-corrected chi connectivity index (χ1v) is 5.79. The normalized spacial score (nSPS) is 11.8. The maximum absolute atomic E-state index is 13.5. The molecule has 0 aromatic heterocycles. The molecule has 1 rings (SSSR count). The summed E-state index contributed by atoms with van der Waals surface area (Å²) in [6.45, 7) is -0.0293.